The lowest BCUT2D eigenvalue weighted by molar-refractivity contribution is -0.697. The molecule has 0 saturated heterocycles. The van der Waals surface area contributed by atoms with Crippen LogP contribution in [0.5, 0.6) is 0 Å². The molecule has 0 amide bonds. The topological polar surface area (TPSA) is 78.1 Å². The molecule has 0 aliphatic heterocycles. The average Bonchev–Trinajstić information content (AvgIpc) is 2.79. The Bertz CT molecular complexity index is 618. The number of hydrogen-bond donors (Lipinski definition) is 1. The van der Waals surface area contributed by atoms with Crippen LogP contribution in [-0.4, -0.2) is 37.1 Å². The van der Waals surface area contributed by atoms with E-state index in [0.29, 0.717) is 6.54 Å². The lowest BCUT2D eigenvalue weighted by Gasteiger charge is -2.28. The standard InChI is InChI=1S/C24H44NO6P/c1-5-7-8-9-10-11-12-14-17-23(6-2)30-24(22(3)28-4)31-32(26,27)29-21-20-25-18-15-13-16-19-25/h13,15-16,18-19,22-24H,5-12,14,17,20-21H2,1-4H3/p+1. The van der Waals surface area contributed by atoms with Crippen LogP contribution in [0.1, 0.15) is 85.0 Å². The van der Waals surface area contributed by atoms with Gasteiger partial charge in [0.05, 0.1) is 6.10 Å². The van der Waals surface area contributed by atoms with Gasteiger partial charge in [0.1, 0.15) is 12.7 Å². The molecule has 8 heteroatoms. The Morgan fingerprint density at radius 1 is 0.969 bits per heavy atom. The zero-order valence-corrected chi connectivity index (χ0v) is 21.4. The quantitative estimate of drug-likeness (QED) is 0.111. The summed E-state index contributed by atoms with van der Waals surface area (Å²) >= 11 is 0. The molecule has 0 fully saturated rings. The van der Waals surface area contributed by atoms with Gasteiger partial charge >= 0.3 is 7.82 Å². The van der Waals surface area contributed by atoms with Crippen LogP contribution in [-0.2, 0) is 29.6 Å². The zero-order valence-electron chi connectivity index (χ0n) is 20.5. The highest BCUT2D eigenvalue weighted by atomic mass is 31.2. The van der Waals surface area contributed by atoms with Gasteiger partial charge in [0, 0.05) is 19.2 Å². The predicted octanol–water partition coefficient (Wildman–Crippen LogP) is 5.79. The fourth-order valence-corrected chi connectivity index (χ4v) is 4.26. The van der Waals surface area contributed by atoms with Crippen LogP contribution in [0.2, 0.25) is 0 Å². The monoisotopic (exact) mass is 474 g/mol. The first-order valence-corrected chi connectivity index (χ1v) is 13.7. The van der Waals surface area contributed by atoms with E-state index < -0.39 is 20.2 Å². The van der Waals surface area contributed by atoms with Gasteiger partial charge in [-0.15, -0.1) is 0 Å². The van der Waals surface area contributed by atoms with Gasteiger partial charge in [-0.05, 0) is 19.8 Å². The summed E-state index contributed by atoms with van der Waals surface area (Å²) < 4.78 is 36.3. The molecule has 1 aromatic rings. The van der Waals surface area contributed by atoms with E-state index in [1.807, 2.05) is 35.2 Å². The molecule has 0 saturated carbocycles. The van der Waals surface area contributed by atoms with Crippen molar-refractivity contribution in [2.45, 2.75) is 110 Å². The van der Waals surface area contributed by atoms with E-state index in [0.717, 1.165) is 19.3 Å². The van der Waals surface area contributed by atoms with Gasteiger partial charge in [0.15, 0.2) is 25.2 Å². The van der Waals surface area contributed by atoms with Crippen LogP contribution in [0.4, 0.5) is 0 Å². The van der Waals surface area contributed by atoms with E-state index in [4.69, 9.17) is 18.5 Å². The molecular formula is C24H45NO6P+. The highest BCUT2D eigenvalue weighted by Gasteiger charge is 2.32. The van der Waals surface area contributed by atoms with Gasteiger partial charge in [-0.2, -0.15) is 0 Å². The van der Waals surface area contributed by atoms with Crippen LogP contribution < -0.4 is 4.57 Å². The molecule has 1 N–H and O–H groups in total. The Labute approximate surface area is 195 Å². The first-order valence-electron chi connectivity index (χ1n) is 12.2. The van der Waals surface area contributed by atoms with Crippen LogP contribution in [0.3, 0.4) is 0 Å². The highest BCUT2D eigenvalue weighted by molar-refractivity contribution is 7.47. The summed E-state index contributed by atoms with van der Waals surface area (Å²) in [6.45, 7) is 6.53. The van der Waals surface area contributed by atoms with Crippen LogP contribution >= 0.6 is 7.82 Å². The summed E-state index contributed by atoms with van der Waals surface area (Å²) in [6, 6.07) is 5.68. The Balaban J connectivity index is 2.43. The number of phosphoric ester groups is 1. The fraction of sp³-hybridized carbons (Fsp3) is 0.792. The molecule has 1 rings (SSSR count). The third kappa shape index (κ3) is 13.7. The molecule has 1 aromatic heterocycles. The van der Waals surface area contributed by atoms with Gasteiger partial charge in [-0.1, -0.05) is 71.3 Å². The van der Waals surface area contributed by atoms with Crippen molar-refractivity contribution in [3.05, 3.63) is 30.6 Å². The summed E-state index contributed by atoms with van der Waals surface area (Å²) in [7, 11) is -2.76. The molecule has 0 bridgehead atoms. The average molecular weight is 475 g/mol. The molecule has 0 aliphatic rings. The van der Waals surface area contributed by atoms with Crippen molar-refractivity contribution in [1.29, 1.82) is 0 Å². The van der Waals surface area contributed by atoms with E-state index in [2.05, 4.69) is 13.8 Å². The second kappa shape index (κ2) is 17.6. The second-order valence-electron chi connectivity index (χ2n) is 8.26. The third-order valence-corrected chi connectivity index (χ3v) is 6.52. The lowest BCUT2D eigenvalue weighted by atomic mass is 10.0. The minimum Gasteiger partial charge on any atom is -0.376 e. The van der Waals surface area contributed by atoms with E-state index in [-0.39, 0.29) is 12.7 Å². The predicted molar refractivity (Wildman–Crippen MR) is 126 cm³/mol. The maximum atomic E-state index is 12.5. The van der Waals surface area contributed by atoms with Crippen molar-refractivity contribution in [3.63, 3.8) is 0 Å². The van der Waals surface area contributed by atoms with Gasteiger partial charge in [0.25, 0.3) is 0 Å². The van der Waals surface area contributed by atoms with Crippen LogP contribution in [0.25, 0.3) is 0 Å². The lowest BCUT2D eigenvalue weighted by Crippen LogP contribution is -2.36. The molecule has 0 spiro atoms. The van der Waals surface area contributed by atoms with Crippen LogP contribution in [0.15, 0.2) is 30.6 Å². The maximum absolute atomic E-state index is 12.5. The van der Waals surface area contributed by atoms with Gasteiger partial charge in [-0.25, -0.2) is 9.13 Å². The maximum Gasteiger partial charge on any atom is 0.474 e. The first kappa shape index (κ1) is 29.2. The zero-order chi connectivity index (χ0) is 23.7. The normalized spacial score (nSPS) is 16.4. The summed E-state index contributed by atoms with van der Waals surface area (Å²) in [6.07, 6.45) is 13.9. The summed E-state index contributed by atoms with van der Waals surface area (Å²) in [5.74, 6) is 0. The molecule has 4 unspecified atom stereocenters. The smallest absolute Gasteiger partial charge is 0.376 e. The minimum absolute atomic E-state index is 0.0476. The van der Waals surface area contributed by atoms with E-state index in [1.165, 1.54) is 52.1 Å². The number of hydrogen-bond acceptors (Lipinski definition) is 5. The molecule has 1 heterocycles. The third-order valence-electron chi connectivity index (χ3n) is 5.53. The SMILES string of the molecule is CCCCCCCCCCC(CC)OC(OP(=O)(O)OCC[n+]1ccccc1)C(C)OC. The molecule has 186 valence electrons. The van der Waals surface area contributed by atoms with E-state index in [1.54, 1.807) is 6.92 Å². The number of unbranched alkanes of at least 4 members (excludes halogenated alkanes) is 7. The minimum atomic E-state index is -4.29. The van der Waals surface area contributed by atoms with Crippen molar-refractivity contribution in [3.8, 4) is 0 Å². The molecule has 7 nitrogen and oxygen atoms in total. The molecule has 32 heavy (non-hydrogen) atoms. The Morgan fingerprint density at radius 2 is 1.59 bits per heavy atom. The van der Waals surface area contributed by atoms with Gasteiger partial charge < -0.3 is 14.4 Å². The fourth-order valence-electron chi connectivity index (χ4n) is 3.40. The number of ether oxygens (including phenoxy) is 2. The second-order valence-corrected chi connectivity index (χ2v) is 9.67. The van der Waals surface area contributed by atoms with Crippen molar-refractivity contribution in [2.75, 3.05) is 13.7 Å². The largest absolute Gasteiger partial charge is 0.474 e. The Kier molecular flexibility index (Phi) is 16.1. The number of rotatable bonds is 20. The Morgan fingerprint density at radius 3 is 2.19 bits per heavy atom. The first-order chi connectivity index (χ1) is 15.4. The molecule has 0 aromatic carbocycles. The van der Waals surface area contributed by atoms with Crippen molar-refractivity contribution in [2.24, 2.45) is 0 Å². The highest BCUT2D eigenvalue weighted by Crippen LogP contribution is 2.45. The number of methoxy groups -OCH3 is 1. The van der Waals surface area contributed by atoms with Crippen LogP contribution in [0, 0.1) is 0 Å². The van der Waals surface area contributed by atoms with Crippen molar-refractivity contribution < 1.29 is 32.5 Å². The number of phosphoric acid groups is 1. The van der Waals surface area contributed by atoms with E-state index in [9.17, 15) is 9.46 Å². The number of pyridine rings is 1. The summed E-state index contributed by atoms with van der Waals surface area (Å²) in [4.78, 5) is 10.2. The summed E-state index contributed by atoms with van der Waals surface area (Å²) in [5, 5.41) is 0. The molecular weight excluding hydrogens is 429 g/mol. The Hall–Kier alpha value is -0.820. The van der Waals surface area contributed by atoms with Crippen molar-refractivity contribution in [1.82, 2.24) is 0 Å². The number of nitrogens with zero attached hydrogens (tertiary/aromatic N) is 1. The van der Waals surface area contributed by atoms with Crippen molar-refractivity contribution >= 4 is 7.82 Å². The summed E-state index contributed by atoms with van der Waals surface area (Å²) in [5.41, 5.74) is 0. The molecule has 4 atom stereocenters. The molecule has 0 radical (unpaired) electrons. The molecule has 0 aliphatic carbocycles. The van der Waals surface area contributed by atoms with E-state index >= 15 is 0 Å². The number of aromatic nitrogens is 1. The van der Waals surface area contributed by atoms with Gasteiger partial charge in [-0.3, -0.25) is 9.05 Å². The van der Waals surface area contributed by atoms with Gasteiger partial charge in [0.2, 0.25) is 0 Å².